The van der Waals surface area contributed by atoms with Crippen molar-refractivity contribution in [3.05, 3.63) is 90.0 Å². The number of carbonyl (C=O) groups is 2. The maximum atomic E-state index is 12.6. The van der Waals surface area contributed by atoms with Crippen LogP contribution in [0.25, 0.3) is 6.08 Å². The maximum absolute atomic E-state index is 12.6. The Morgan fingerprint density at radius 3 is 2.35 bits per heavy atom. The third kappa shape index (κ3) is 4.18. The summed E-state index contributed by atoms with van der Waals surface area (Å²) in [6.45, 7) is 0. The second kappa shape index (κ2) is 7.85. The van der Waals surface area contributed by atoms with Crippen LogP contribution in [0.1, 0.15) is 16.1 Å². The van der Waals surface area contributed by atoms with Gasteiger partial charge in [-0.3, -0.25) is 9.59 Å². The van der Waals surface area contributed by atoms with Gasteiger partial charge in [0, 0.05) is 11.6 Å². The first-order valence-corrected chi connectivity index (χ1v) is 7.84. The van der Waals surface area contributed by atoms with Crippen LogP contribution in [-0.2, 0) is 4.79 Å². The smallest absolute Gasteiger partial charge is 0.272 e. The van der Waals surface area contributed by atoms with Crippen molar-refractivity contribution in [2.24, 2.45) is 0 Å². The van der Waals surface area contributed by atoms with Gasteiger partial charge in [0.25, 0.3) is 11.8 Å². The molecule has 3 rings (SSSR count). The quantitative estimate of drug-likeness (QED) is 0.487. The maximum Gasteiger partial charge on any atom is 0.272 e. The molecule has 2 amide bonds. The zero-order valence-electron chi connectivity index (χ0n) is 13.7. The lowest BCUT2D eigenvalue weighted by Crippen LogP contribution is -2.30. The summed E-state index contributed by atoms with van der Waals surface area (Å²) in [5, 5.41) is 15.0. The first kappa shape index (κ1) is 17.0. The van der Waals surface area contributed by atoms with Gasteiger partial charge in [-0.2, -0.15) is 0 Å². The molecule has 0 radical (unpaired) electrons. The summed E-state index contributed by atoms with van der Waals surface area (Å²) in [6, 6.07) is 18.2. The SMILES string of the molecule is O=C(Nc1ccccc1O)C(=Cc1ccco1)NC(=O)c1ccccc1. The van der Waals surface area contributed by atoms with E-state index in [-0.39, 0.29) is 17.1 Å². The average Bonchev–Trinajstić information content (AvgIpc) is 3.17. The fourth-order valence-electron chi connectivity index (χ4n) is 2.23. The molecule has 0 bridgehead atoms. The summed E-state index contributed by atoms with van der Waals surface area (Å²) in [7, 11) is 0. The molecule has 130 valence electrons. The predicted octanol–water partition coefficient (Wildman–Crippen LogP) is 3.39. The summed E-state index contributed by atoms with van der Waals surface area (Å²) >= 11 is 0. The van der Waals surface area contributed by atoms with E-state index in [0.717, 1.165) is 0 Å². The van der Waals surface area contributed by atoms with E-state index in [0.29, 0.717) is 11.3 Å². The minimum atomic E-state index is -0.591. The van der Waals surface area contributed by atoms with Crippen molar-refractivity contribution >= 4 is 23.6 Å². The Kier molecular flexibility index (Phi) is 5.14. The zero-order valence-corrected chi connectivity index (χ0v) is 13.7. The second-order valence-corrected chi connectivity index (χ2v) is 5.36. The summed E-state index contributed by atoms with van der Waals surface area (Å²) in [4.78, 5) is 25.0. The van der Waals surface area contributed by atoms with Crippen molar-refractivity contribution in [2.75, 3.05) is 5.32 Å². The lowest BCUT2D eigenvalue weighted by atomic mass is 10.2. The molecule has 0 spiro atoms. The molecule has 1 heterocycles. The molecule has 0 saturated heterocycles. The third-order valence-corrected chi connectivity index (χ3v) is 3.51. The number of furan rings is 1. The predicted molar refractivity (Wildman–Crippen MR) is 97.3 cm³/mol. The highest BCUT2D eigenvalue weighted by Gasteiger charge is 2.16. The Bertz CT molecular complexity index is 931. The van der Waals surface area contributed by atoms with Gasteiger partial charge < -0.3 is 20.2 Å². The fourth-order valence-corrected chi connectivity index (χ4v) is 2.23. The lowest BCUT2D eigenvalue weighted by molar-refractivity contribution is -0.113. The van der Waals surface area contributed by atoms with E-state index < -0.39 is 11.8 Å². The molecule has 0 saturated carbocycles. The Morgan fingerprint density at radius 2 is 1.65 bits per heavy atom. The van der Waals surface area contributed by atoms with E-state index in [9.17, 15) is 14.7 Å². The normalized spacial score (nSPS) is 11.0. The second-order valence-electron chi connectivity index (χ2n) is 5.36. The van der Waals surface area contributed by atoms with Gasteiger partial charge in [0.1, 0.15) is 17.2 Å². The van der Waals surface area contributed by atoms with Gasteiger partial charge in [-0.25, -0.2) is 0 Å². The van der Waals surface area contributed by atoms with Gasteiger partial charge in [-0.05, 0) is 36.4 Å². The zero-order chi connectivity index (χ0) is 18.4. The van der Waals surface area contributed by atoms with Crippen LogP contribution in [-0.4, -0.2) is 16.9 Å². The lowest BCUT2D eigenvalue weighted by Gasteiger charge is -2.11. The number of anilines is 1. The number of carbonyl (C=O) groups excluding carboxylic acids is 2. The molecular formula is C20H16N2O4. The molecule has 0 aliphatic heterocycles. The van der Waals surface area contributed by atoms with Gasteiger partial charge in [-0.1, -0.05) is 30.3 Å². The Hall–Kier alpha value is -3.80. The Morgan fingerprint density at radius 1 is 0.923 bits per heavy atom. The van der Waals surface area contributed by atoms with Crippen LogP contribution in [0.5, 0.6) is 5.75 Å². The van der Waals surface area contributed by atoms with Crippen LogP contribution in [0.2, 0.25) is 0 Å². The van der Waals surface area contributed by atoms with Gasteiger partial charge in [0.2, 0.25) is 0 Å². The van der Waals surface area contributed by atoms with E-state index in [4.69, 9.17) is 4.42 Å². The molecule has 0 unspecified atom stereocenters. The summed E-state index contributed by atoms with van der Waals surface area (Å²) in [6.07, 6.45) is 2.87. The largest absolute Gasteiger partial charge is 0.506 e. The van der Waals surface area contributed by atoms with Crippen molar-refractivity contribution in [3.63, 3.8) is 0 Å². The first-order valence-electron chi connectivity index (χ1n) is 7.84. The number of aromatic hydroxyl groups is 1. The molecule has 6 nitrogen and oxygen atoms in total. The number of nitrogens with one attached hydrogen (secondary N) is 2. The highest BCUT2D eigenvalue weighted by molar-refractivity contribution is 6.10. The minimum Gasteiger partial charge on any atom is -0.506 e. The number of phenolic OH excluding ortho intramolecular Hbond substituents is 1. The van der Waals surface area contributed by atoms with Gasteiger partial charge in [0.15, 0.2) is 0 Å². The number of phenols is 1. The molecule has 0 atom stereocenters. The molecule has 6 heteroatoms. The average molecular weight is 348 g/mol. The summed E-state index contributed by atoms with van der Waals surface area (Å²) in [5.41, 5.74) is 0.627. The molecule has 3 N–H and O–H groups in total. The molecule has 2 aromatic carbocycles. The number of hydrogen-bond donors (Lipinski definition) is 3. The van der Waals surface area contributed by atoms with Crippen LogP contribution < -0.4 is 10.6 Å². The van der Waals surface area contributed by atoms with E-state index in [1.165, 1.54) is 18.4 Å². The van der Waals surface area contributed by atoms with E-state index in [1.807, 2.05) is 0 Å². The van der Waals surface area contributed by atoms with Crippen molar-refractivity contribution in [2.45, 2.75) is 0 Å². The van der Waals surface area contributed by atoms with Crippen molar-refractivity contribution in [1.29, 1.82) is 0 Å². The van der Waals surface area contributed by atoms with Crippen LogP contribution in [0.4, 0.5) is 5.69 Å². The van der Waals surface area contributed by atoms with Crippen molar-refractivity contribution < 1.29 is 19.1 Å². The van der Waals surface area contributed by atoms with Gasteiger partial charge in [0.05, 0.1) is 12.0 Å². The highest BCUT2D eigenvalue weighted by Crippen LogP contribution is 2.22. The first-order chi connectivity index (χ1) is 12.6. The summed E-state index contributed by atoms with van der Waals surface area (Å²) in [5.74, 6) is -0.698. The number of para-hydroxylation sites is 2. The van der Waals surface area contributed by atoms with E-state index in [1.54, 1.807) is 60.7 Å². The Balaban J connectivity index is 1.85. The molecule has 0 aliphatic rings. The number of rotatable bonds is 5. The van der Waals surface area contributed by atoms with Crippen LogP contribution in [0.3, 0.4) is 0 Å². The molecular weight excluding hydrogens is 332 g/mol. The van der Waals surface area contributed by atoms with Crippen LogP contribution in [0, 0.1) is 0 Å². The highest BCUT2D eigenvalue weighted by atomic mass is 16.3. The van der Waals surface area contributed by atoms with Crippen molar-refractivity contribution in [1.82, 2.24) is 5.32 Å². The molecule has 1 aromatic heterocycles. The van der Waals surface area contributed by atoms with Gasteiger partial charge in [-0.15, -0.1) is 0 Å². The Labute approximate surface area is 149 Å². The molecule has 26 heavy (non-hydrogen) atoms. The van der Waals surface area contributed by atoms with Gasteiger partial charge >= 0.3 is 0 Å². The topological polar surface area (TPSA) is 91.6 Å². The van der Waals surface area contributed by atoms with Crippen LogP contribution >= 0.6 is 0 Å². The van der Waals surface area contributed by atoms with E-state index >= 15 is 0 Å². The molecule has 3 aromatic rings. The number of hydrogen-bond acceptors (Lipinski definition) is 4. The summed E-state index contributed by atoms with van der Waals surface area (Å²) < 4.78 is 5.22. The van der Waals surface area contributed by atoms with Crippen molar-refractivity contribution in [3.8, 4) is 5.75 Å². The monoisotopic (exact) mass is 348 g/mol. The number of amides is 2. The molecule has 0 aliphatic carbocycles. The van der Waals surface area contributed by atoms with Crippen LogP contribution in [0.15, 0.2) is 83.1 Å². The standard InChI is InChI=1S/C20H16N2O4/c23-18-11-5-4-10-16(18)21-20(25)17(13-15-9-6-12-26-15)22-19(24)14-7-2-1-3-8-14/h1-13,23H,(H,21,25)(H,22,24). The minimum absolute atomic E-state index is 0.0166. The third-order valence-electron chi connectivity index (χ3n) is 3.51. The fraction of sp³-hybridized carbons (Fsp3) is 0. The van der Waals surface area contributed by atoms with E-state index in [2.05, 4.69) is 10.6 Å². The number of benzene rings is 2. The molecule has 0 fully saturated rings.